The first kappa shape index (κ1) is 15.1. The molecule has 0 bridgehead atoms. The number of amides is 1. The number of likely N-dealkylation sites (tertiary alicyclic amines) is 1. The lowest BCUT2D eigenvalue weighted by molar-refractivity contribution is -0.138. The van der Waals surface area contributed by atoms with Crippen molar-refractivity contribution >= 4 is 12.1 Å². The number of nitrogens with zero attached hydrogens (tertiary/aromatic N) is 2. The van der Waals surface area contributed by atoms with Crippen LogP contribution in [0, 0.1) is 0 Å². The van der Waals surface area contributed by atoms with Crippen LogP contribution in [0.25, 0.3) is 0 Å². The largest absolute Gasteiger partial charge is 0.480 e. The van der Waals surface area contributed by atoms with Crippen LogP contribution in [-0.4, -0.2) is 64.3 Å². The highest BCUT2D eigenvalue weighted by Gasteiger charge is 2.42. The minimum Gasteiger partial charge on any atom is -0.480 e. The van der Waals surface area contributed by atoms with Crippen LogP contribution < -0.4 is 0 Å². The van der Waals surface area contributed by atoms with Crippen molar-refractivity contribution in [2.75, 3.05) is 19.6 Å². The molecule has 0 radical (unpaired) electrons. The van der Waals surface area contributed by atoms with Crippen molar-refractivity contribution in [2.45, 2.75) is 57.7 Å². The summed E-state index contributed by atoms with van der Waals surface area (Å²) < 4.78 is 5.48. The zero-order chi connectivity index (χ0) is 14.9. The maximum Gasteiger partial charge on any atom is 0.410 e. The molecule has 0 spiro atoms. The van der Waals surface area contributed by atoms with E-state index in [1.54, 1.807) is 0 Å². The number of ether oxygens (including phenoxy) is 1. The molecule has 2 fully saturated rings. The molecule has 1 unspecified atom stereocenters. The molecule has 6 nitrogen and oxygen atoms in total. The van der Waals surface area contributed by atoms with Gasteiger partial charge in [-0.2, -0.15) is 0 Å². The molecule has 0 aromatic heterocycles. The molecular formula is C14H24N2O4. The number of carbonyl (C=O) groups is 2. The first-order chi connectivity index (χ1) is 9.26. The van der Waals surface area contributed by atoms with Gasteiger partial charge in [0.25, 0.3) is 0 Å². The molecule has 1 aliphatic carbocycles. The van der Waals surface area contributed by atoms with Gasteiger partial charge in [-0.15, -0.1) is 0 Å². The van der Waals surface area contributed by atoms with Crippen molar-refractivity contribution in [1.82, 2.24) is 9.80 Å². The van der Waals surface area contributed by atoms with Gasteiger partial charge in [0, 0.05) is 25.2 Å². The molecule has 1 heterocycles. The maximum absolute atomic E-state index is 12.3. The molecular weight excluding hydrogens is 260 g/mol. The Bertz CT molecular complexity index is 387. The zero-order valence-electron chi connectivity index (χ0n) is 12.5. The standard InChI is InChI=1S/C14H24N2O4/c1-14(2,3)20-13(19)16(10-4-5-10)11-6-7-15(8-11)9-12(17)18/h10-11H,4-9H2,1-3H3,(H,17,18). The number of carboxylic acid groups (broad SMARTS) is 1. The molecule has 1 aliphatic heterocycles. The van der Waals surface area contributed by atoms with Gasteiger partial charge >= 0.3 is 12.1 Å². The Kier molecular flexibility index (Phi) is 4.22. The Balaban J connectivity index is 1.96. The fourth-order valence-electron chi connectivity index (χ4n) is 2.64. The van der Waals surface area contributed by atoms with E-state index < -0.39 is 11.6 Å². The first-order valence-electron chi connectivity index (χ1n) is 7.22. The summed E-state index contributed by atoms with van der Waals surface area (Å²) in [6.07, 6.45) is 2.61. The highest BCUT2D eigenvalue weighted by Crippen LogP contribution is 2.32. The fourth-order valence-corrected chi connectivity index (χ4v) is 2.64. The normalized spacial score (nSPS) is 23.6. The third kappa shape index (κ3) is 4.10. The minimum atomic E-state index is -0.819. The van der Waals surface area contributed by atoms with E-state index in [1.165, 1.54) is 0 Å². The Morgan fingerprint density at radius 3 is 2.40 bits per heavy atom. The summed E-state index contributed by atoms with van der Waals surface area (Å²) in [6, 6.07) is 0.358. The van der Waals surface area contributed by atoms with Crippen LogP contribution in [0.2, 0.25) is 0 Å². The molecule has 6 heteroatoms. The van der Waals surface area contributed by atoms with Gasteiger partial charge in [0.05, 0.1) is 6.54 Å². The number of carbonyl (C=O) groups excluding carboxylic acids is 1. The highest BCUT2D eigenvalue weighted by atomic mass is 16.6. The Labute approximate surface area is 119 Å². The summed E-state index contributed by atoms with van der Waals surface area (Å²) in [5, 5.41) is 8.84. The smallest absolute Gasteiger partial charge is 0.410 e. The lowest BCUT2D eigenvalue weighted by atomic mass is 10.2. The van der Waals surface area contributed by atoms with Gasteiger partial charge in [0.2, 0.25) is 0 Å². The Morgan fingerprint density at radius 1 is 1.25 bits per heavy atom. The number of carboxylic acids is 1. The van der Waals surface area contributed by atoms with Gasteiger partial charge < -0.3 is 14.7 Å². The SMILES string of the molecule is CC(C)(C)OC(=O)N(C1CC1)C1CCN(CC(=O)O)C1. The topological polar surface area (TPSA) is 70.1 Å². The fraction of sp³-hybridized carbons (Fsp3) is 0.857. The quantitative estimate of drug-likeness (QED) is 0.848. The van der Waals surface area contributed by atoms with Crippen molar-refractivity contribution in [3.63, 3.8) is 0 Å². The van der Waals surface area contributed by atoms with E-state index in [1.807, 2.05) is 30.6 Å². The second-order valence-electron chi connectivity index (χ2n) is 6.69. The maximum atomic E-state index is 12.3. The summed E-state index contributed by atoms with van der Waals surface area (Å²) in [4.78, 5) is 26.8. The number of rotatable bonds is 4. The summed E-state index contributed by atoms with van der Waals surface area (Å²) >= 11 is 0. The zero-order valence-corrected chi connectivity index (χ0v) is 12.5. The Hall–Kier alpha value is -1.30. The van der Waals surface area contributed by atoms with E-state index in [0.29, 0.717) is 6.54 Å². The van der Waals surface area contributed by atoms with Crippen molar-refractivity contribution in [1.29, 1.82) is 0 Å². The average Bonchev–Trinajstić information content (AvgIpc) is 2.97. The van der Waals surface area contributed by atoms with E-state index in [0.717, 1.165) is 25.8 Å². The van der Waals surface area contributed by atoms with Gasteiger partial charge in [-0.05, 0) is 40.0 Å². The summed E-state index contributed by atoms with van der Waals surface area (Å²) in [7, 11) is 0. The van der Waals surface area contributed by atoms with Crippen LogP contribution in [0.15, 0.2) is 0 Å². The van der Waals surface area contributed by atoms with Crippen LogP contribution in [0.4, 0.5) is 4.79 Å². The lowest BCUT2D eigenvalue weighted by Crippen LogP contribution is -2.46. The van der Waals surface area contributed by atoms with Crippen LogP contribution >= 0.6 is 0 Å². The van der Waals surface area contributed by atoms with E-state index in [9.17, 15) is 9.59 Å². The van der Waals surface area contributed by atoms with E-state index in [2.05, 4.69) is 0 Å². The monoisotopic (exact) mass is 284 g/mol. The van der Waals surface area contributed by atoms with Crippen molar-refractivity contribution < 1.29 is 19.4 Å². The predicted octanol–water partition coefficient (Wildman–Crippen LogP) is 1.54. The van der Waals surface area contributed by atoms with Crippen molar-refractivity contribution in [3.05, 3.63) is 0 Å². The molecule has 2 rings (SSSR count). The van der Waals surface area contributed by atoms with Gasteiger partial charge in [0.1, 0.15) is 5.60 Å². The predicted molar refractivity (Wildman–Crippen MR) is 73.6 cm³/mol. The van der Waals surface area contributed by atoms with Crippen molar-refractivity contribution in [2.24, 2.45) is 0 Å². The van der Waals surface area contributed by atoms with E-state index in [4.69, 9.17) is 9.84 Å². The van der Waals surface area contributed by atoms with E-state index >= 15 is 0 Å². The molecule has 0 aromatic carbocycles. The van der Waals surface area contributed by atoms with Crippen LogP contribution in [0.1, 0.15) is 40.0 Å². The van der Waals surface area contributed by atoms with Crippen LogP contribution in [0.3, 0.4) is 0 Å². The number of aliphatic carboxylic acids is 1. The number of hydrogen-bond acceptors (Lipinski definition) is 4. The molecule has 114 valence electrons. The van der Waals surface area contributed by atoms with Crippen LogP contribution in [0.5, 0.6) is 0 Å². The van der Waals surface area contributed by atoms with Gasteiger partial charge in [-0.25, -0.2) is 4.79 Å². The first-order valence-corrected chi connectivity index (χ1v) is 7.22. The molecule has 2 aliphatic rings. The van der Waals surface area contributed by atoms with Gasteiger partial charge in [0.15, 0.2) is 0 Å². The third-order valence-corrected chi connectivity index (χ3v) is 3.54. The molecule has 20 heavy (non-hydrogen) atoms. The summed E-state index contributed by atoms with van der Waals surface area (Å²) in [5.41, 5.74) is -0.496. The molecule has 1 amide bonds. The van der Waals surface area contributed by atoms with Gasteiger partial charge in [-0.1, -0.05) is 0 Å². The second-order valence-corrected chi connectivity index (χ2v) is 6.69. The molecule has 1 atom stereocenters. The van der Waals surface area contributed by atoms with E-state index in [-0.39, 0.29) is 24.7 Å². The minimum absolute atomic E-state index is 0.0450. The van der Waals surface area contributed by atoms with Crippen LogP contribution in [-0.2, 0) is 9.53 Å². The molecule has 0 aromatic rings. The molecule has 1 saturated carbocycles. The Morgan fingerprint density at radius 2 is 1.90 bits per heavy atom. The third-order valence-electron chi connectivity index (χ3n) is 3.54. The van der Waals surface area contributed by atoms with Gasteiger partial charge in [-0.3, -0.25) is 9.69 Å². The summed E-state index contributed by atoms with van der Waals surface area (Å²) in [5.74, 6) is -0.819. The number of hydrogen-bond donors (Lipinski definition) is 1. The second kappa shape index (κ2) is 5.60. The molecule has 1 saturated heterocycles. The molecule has 1 N–H and O–H groups in total. The summed E-state index contributed by atoms with van der Waals surface area (Å²) in [6.45, 7) is 6.98. The average molecular weight is 284 g/mol. The van der Waals surface area contributed by atoms with Crippen molar-refractivity contribution in [3.8, 4) is 0 Å². The highest BCUT2D eigenvalue weighted by molar-refractivity contribution is 5.70. The lowest BCUT2D eigenvalue weighted by Gasteiger charge is -2.31.